The van der Waals surface area contributed by atoms with Crippen molar-refractivity contribution >= 4 is 29.1 Å². The first-order chi connectivity index (χ1) is 8.16. The number of nitrogens with two attached hydrogens (primary N) is 1. The van der Waals surface area contributed by atoms with Crippen LogP contribution in [-0.2, 0) is 9.53 Å². The molecule has 0 bridgehead atoms. The van der Waals surface area contributed by atoms with Crippen LogP contribution in [0.15, 0.2) is 15.9 Å². The molecule has 94 valence electrons. The molecule has 1 aliphatic rings. The van der Waals surface area contributed by atoms with Crippen molar-refractivity contribution in [1.82, 2.24) is 4.98 Å². The lowest BCUT2D eigenvalue weighted by Crippen LogP contribution is -2.53. The molecule has 1 aliphatic carbocycles. The van der Waals surface area contributed by atoms with Crippen LogP contribution in [0.3, 0.4) is 0 Å². The summed E-state index contributed by atoms with van der Waals surface area (Å²) in [5.74, 6) is 0.546. The molecular formula is C11H16N2O2S2. The minimum absolute atomic E-state index is 0.272. The number of aromatic nitrogens is 1. The fourth-order valence-corrected chi connectivity index (χ4v) is 3.50. The number of carbonyl (C=O) groups is 1. The molecule has 0 aromatic carbocycles. The normalized spacial score (nSPS) is 18.7. The van der Waals surface area contributed by atoms with E-state index in [9.17, 15) is 4.79 Å². The number of hydrogen-bond acceptors (Lipinski definition) is 6. The number of carbonyl (C=O) groups excluding carboxylic acids is 1. The maximum absolute atomic E-state index is 11.9. The number of rotatable bonds is 6. The number of thioether (sulfide) groups is 1. The first-order valence-corrected chi connectivity index (χ1v) is 7.51. The molecule has 1 fully saturated rings. The van der Waals surface area contributed by atoms with E-state index in [4.69, 9.17) is 10.5 Å². The van der Waals surface area contributed by atoms with E-state index in [1.807, 2.05) is 5.38 Å². The Balaban J connectivity index is 1.98. The van der Waals surface area contributed by atoms with Crippen LogP contribution in [-0.4, -0.2) is 28.9 Å². The molecule has 4 nitrogen and oxygen atoms in total. The van der Waals surface area contributed by atoms with Gasteiger partial charge in [0.25, 0.3) is 0 Å². The van der Waals surface area contributed by atoms with Gasteiger partial charge in [-0.15, -0.1) is 11.3 Å². The Morgan fingerprint density at radius 2 is 2.53 bits per heavy atom. The molecule has 0 spiro atoms. The van der Waals surface area contributed by atoms with Crippen LogP contribution < -0.4 is 5.73 Å². The summed E-state index contributed by atoms with van der Waals surface area (Å²) < 4.78 is 6.03. The largest absolute Gasteiger partial charge is 0.465 e. The number of nitrogens with zero attached hydrogens (tertiary/aromatic N) is 1. The second-order valence-electron chi connectivity index (χ2n) is 4.12. The van der Waals surface area contributed by atoms with E-state index >= 15 is 0 Å². The third-order valence-electron chi connectivity index (χ3n) is 2.81. The van der Waals surface area contributed by atoms with Gasteiger partial charge in [0.05, 0.1) is 6.61 Å². The van der Waals surface area contributed by atoms with Gasteiger partial charge < -0.3 is 10.5 Å². The molecule has 1 aromatic rings. The number of hydrogen-bond donors (Lipinski definition) is 1. The van der Waals surface area contributed by atoms with Gasteiger partial charge in [-0.25, -0.2) is 4.98 Å². The summed E-state index contributed by atoms with van der Waals surface area (Å²) in [5, 5.41) is 1.92. The van der Waals surface area contributed by atoms with Crippen LogP contribution in [0.4, 0.5) is 0 Å². The highest BCUT2D eigenvalue weighted by molar-refractivity contribution is 8.01. The molecule has 6 heteroatoms. The van der Waals surface area contributed by atoms with Crippen molar-refractivity contribution in [2.75, 3.05) is 12.4 Å². The molecule has 0 saturated heterocycles. The van der Waals surface area contributed by atoms with Crippen molar-refractivity contribution in [3.8, 4) is 0 Å². The minimum Gasteiger partial charge on any atom is -0.465 e. The molecule has 1 aromatic heterocycles. The Morgan fingerprint density at radius 1 is 1.76 bits per heavy atom. The zero-order valence-electron chi connectivity index (χ0n) is 9.72. The van der Waals surface area contributed by atoms with E-state index in [2.05, 4.69) is 4.98 Å². The molecule has 0 aliphatic heterocycles. The van der Waals surface area contributed by atoms with Crippen LogP contribution in [0.25, 0.3) is 0 Å². The van der Waals surface area contributed by atoms with Gasteiger partial charge in [-0.1, -0.05) is 11.8 Å². The van der Waals surface area contributed by atoms with Crippen LogP contribution in [0.2, 0.25) is 0 Å². The first-order valence-electron chi connectivity index (χ1n) is 5.65. The van der Waals surface area contributed by atoms with Gasteiger partial charge in [-0.2, -0.15) is 0 Å². The highest BCUT2D eigenvalue weighted by atomic mass is 32.2. The van der Waals surface area contributed by atoms with Gasteiger partial charge in [-0.05, 0) is 25.7 Å². The predicted octanol–water partition coefficient (Wildman–Crippen LogP) is 1.91. The lowest BCUT2D eigenvalue weighted by atomic mass is 9.97. The highest BCUT2D eigenvalue weighted by Gasteiger charge is 2.49. The second kappa shape index (κ2) is 5.37. The van der Waals surface area contributed by atoms with Crippen LogP contribution in [0.5, 0.6) is 0 Å². The summed E-state index contributed by atoms with van der Waals surface area (Å²) in [6, 6.07) is 0. The van der Waals surface area contributed by atoms with Crippen molar-refractivity contribution < 1.29 is 9.53 Å². The summed E-state index contributed by atoms with van der Waals surface area (Å²) in [6.45, 7) is 2.19. The molecule has 1 unspecified atom stereocenters. The molecule has 1 heterocycles. The lowest BCUT2D eigenvalue weighted by molar-refractivity contribution is -0.149. The van der Waals surface area contributed by atoms with E-state index in [0.29, 0.717) is 12.4 Å². The Bertz CT molecular complexity index is 379. The summed E-state index contributed by atoms with van der Waals surface area (Å²) in [7, 11) is 0. The van der Waals surface area contributed by atoms with Gasteiger partial charge in [0.1, 0.15) is 9.88 Å². The number of thiazole rings is 1. The van der Waals surface area contributed by atoms with Gasteiger partial charge >= 0.3 is 5.97 Å². The van der Waals surface area contributed by atoms with Crippen molar-refractivity contribution in [2.24, 2.45) is 11.7 Å². The third kappa shape index (κ3) is 3.00. The fourth-order valence-electron chi connectivity index (χ4n) is 1.67. The first kappa shape index (κ1) is 12.9. The number of ether oxygens (including phenoxy) is 1. The molecule has 2 rings (SSSR count). The summed E-state index contributed by atoms with van der Waals surface area (Å²) in [6.07, 6.45) is 3.80. The van der Waals surface area contributed by atoms with Crippen LogP contribution >= 0.6 is 23.1 Å². The van der Waals surface area contributed by atoms with Gasteiger partial charge in [0.2, 0.25) is 0 Å². The van der Waals surface area contributed by atoms with Crippen molar-refractivity contribution in [3.63, 3.8) is 0 Å². The topological polar surface area (TPSA) is 65.2 Å². The lowest BCUT2D eigenvalue weighted by Gasteiger charge is -2.26. The van der Waals surface area contributed by atoms with E-state index in [-0.39, 0.29) is 11.9 Å². The molecule has 17 heavy (non-hydrogen) atoms. The van der Waals surface area contributed by atoms with Gasteiger partial charge in [0.15, 0.2) is 0 Å². The average Bonchev–Trinajstić information content (AvgIpc) is 3.05. The third-order valence-corrected chi connectivity index (χ3v) is 4.99. The van der Waals surface area contributed by atoms with Crippen LogP contribution in [0, 0.1) is 5.92 Å². The van der Waals surface area contributed by atoms with E-state index in [1.165, 1.54) is 11.8 Å². The van der Waals surface area contributed by atoms with E-state index in [1.54, 1.807) is 24.5 Å². The molecule has 2 N–H and O–H groups in total. The molecule has 1 atom stereocenters. The maximum Gasteiger partial charge on any atom is 0.327 e. The van der Waals surface area contributed by atoms with E-state index < -0.39 is 5.54 Å². The van der Waals surface area contributed by atoms with Gasteiger partial charge in [-0.3, -0.25) is 4.79 Å². The van der Waals surface area contributed by atoms with Crippen molar-refractivity contribution in [3.05, 3.63) is 11.6 Å². The molecular weight excluding hydrogens is 256 g/mol. The summed E-state index contributed by atoms with van der Waals surface area (Å²) in [4.78, 5) is 16.1. The minimum atomic E-state index is -0.841. The monoisotopic (exact) mass is 272 g/mol. The Hall–Kier alpha value is -0.590. The zero-order chi connectivity index (χ0) is 12.3. The van der Waals surface area contributed by atoms with Crippen molar-refractivity contribution in [2.45, 2.75) is 29.6 Å². The standard InChI is InChI=1S/C11H16N2O2S2/c1-2-15-9(14)11(12,8-3-4-8)7-17-10-13-5-6-16-10/h5-6,8H,2-4,7,12H2,1H3. The predicted molar refractivity (Wildman–Crippen MR) is 69.1 cm³/mol. The zero-order valence-corrected chi connectivity index (χ0v) is 11.4. The Kier molecular flexibility index (Phi) is 4.06. The molecule has 0 radical (unpaired) electrons. The molecule has 1 saturated carbocycles. The fraction of sp³-hybridized carbons (Fsp3) is 0.636. The molecule has 0 amide bonds. The smallest absolute Gasteiger partial charge is 0.327 e. The Morgan fingerprint density at radius 3 is 3.06 bits per heavy atom. The maximum atomic E-state index is 11.9. The van der Waals surface area contributed by atoms with Crippen LogP contribution in [0.1, 0.15) is 19.8 Å². The Labute approximate surface area is 109 Å². The second-order valence-corrected chi connectivity index (χ2v) is 6.24. The van der Waals surface area contributed by atoms with E-state index in [0.717, 1.165) is 17.2 Å². The summed E-state index contributed by atoms with van der Waals surface area (Å²) >= 11 is 3.10. The summed E-state index contributed by atoms with van der Waals surface area (Å²) in [5.41, 5.74) is 5.39. The SMILES string of the molecule is CCOC(=O)C(N)(CSc1nccs1)C1CC1. The quantitative estimate of drug-likeness (QED) is 0.633. The van der Waals surface area contributed by atoms with Gasteiger partial charge in [0, 0.05) is 17.3 Å². The van der Waals surface area contributed by atoms with Crippen molar-refractivity contribution in [1.29, 1.82) is 0 Å². The highest BCUT2D eigenvalue weighted by Crippen LogP contribution is 2.41. The number of esters is 1. The average molecular weight is 272 g/mol.